The number of hydrogen-bond acceptors (Lipinski definition) is 24. The van der Waals surface area contributed by atoms with Crippen LogP contribution in [0.2, 0.25) is 0 Å². The Labute approximate surface area is 264 Å². The first-order valence-electron chi connectivity index (χ1n) is 3.70. The van der Waals surface area contributed by atoms with Crippen molar-refractivity contribution < 1.29 is 268 Å². The normalized spacial score (nSPS) is 9.94. The van der Waals surface area contributed by atoms with E-state index < -0.39 is 80.2 Å². The van der Waals surface area contributed by atoms with Gasteiger partial charge in [-0.2, -0.15) is 0 Å². The predicted molar refractivity (Wildman–Crippen MR) is 8.24 cm³/mol. The Kier molecular flexibility index (Phi) is 64.5. The van der Waals surface area contributed by atoms with Gasteiger partial charge < -0.3 is 0 Å². The molecule has 0 aliphatic rings. The fourth-order valence-electron chi connectivity index (χ4n) is 0. The van der Waals surface area contributed by atoms with Gasteiger partial charge in [-0.15, -0.1) is 0 Å². The van der Waals surface area contributed by atoms with Gasteiger partial charge in [0.15, 0.2) is 0 Å². The zero-order valence-corrected chi connectivity index (χ0v) is 27.0. The third-order valence-electron chi connectivity index (χ3n) is 0. The Bertz CT molecular complexity index is 782. The van der Waals surface area contributed by atoms with Gasteiger partial charge in [-0.1, -0.05) is 0 Å². The molecule has 0 saturated carbocycles. The van der Waals surface area contributed by atoms with Gasteiger partial charge in [-0.3, -0.25) is 0 Å². The molecule has 218 valence electrons. The molecule has 0 aromatic rings. The van der Waals surface area contributed by atoms with Gasteiger partial charge in [0.1, 0.15) is 0 Å². The van der Waals surface area contributed by atoms with E-state index >= 15 is 0 Å². The number of hydrogen-bond donors (Lipinski definition) is 0. The van der Waals surface area contributed by atoms with Gasteiger partial charge in [0, 0.05) is 0 Å². The molecule has 0 unspecified atom stereocenters. The van der Waals surface area contributed by atoms with Crippen LogP contribution in [0.5, 0.6) is 0 Å². The van der Waals surface area contributed by atoms with Crippen LogP contribution in [0.25, 0.3) is 0 Å². The summed E-state index contributed by atoms with van der Waals surface area (Å²) in [4.78, 5) is 0. The molecule has 0 bridgehead atoms. The summed E-state index contributed by atoms with van der Waals surface area (Å²) < 4.78 is 206. The molecule has 0 aromatic heterocycles. The molecule has 0 aliphatic heterocycles. The maximum atomic E-state index is 8.58. The second kappa shape index (κ2) is 31.6. The van der Waals surface area contributed by atoms with E-state index in [-0.39, 0.29) is 91.6 Å². The fourth-order valence-corrected chi connectivity index (χ4v) is 0. The Hall–Kier alpha value is 3.09. The van der Waals surface area contributed by atoms with E-state index in [0.29, 0.717) is 0 Å². The van der Waals surface area contributed by atoms with Crippen LogP contribution >= 0.6 is 0 Å². The molecule has 0 N–H and O–H groups in total. The summed E-state index contributed by atoms with van der Waals surface area (Å²) in [5.41, 5.74) is 0. The summed E-state index contributed by atoms with van der Waals surface area (Å²) in [6.45, 7) is 0. The standard InChI is InChI=1S/Co.Li.7Mn.Nb.Ni.24O/q+2;+1;;;;;;;+2;+5;+2;;;;;;;;;;;;;12*-1. The van der Waals surface area contributed by atoms with Gasteiger partial charge >= 0.3 is 268 Å². The molecule has 35 heteroatoms. The summed E-state index contributed by atoms with van der Waals surface area (Å²) in [5, 5.41) is 0. The van der Waals surface area contributed by atoms with E-state index in [0.717, 1.165) is 0 Å². The van der Waals surface area contributed by atoms with Gasteiger partial charge in [0.05, 0.1) is 0 Å². The van der Waals surface area contributed by atoms with E-state index in [2.05, 4.69) is 0 Å². The van der Waals surface area contributed by atoms with Crippen LogP contribution < -0.4 is 69.1 Å². The summed E-state index contributed by atoms with van der Waals surface area (Å²) in [6, 6.07) is 0. The van der Waals surface area contributed by atoms with Crippen molar-refractivity contribution >= 4 is 0 Å². The molecule has 2 radical (unpaired) electrons. The molecule has 0 rings (SSSR count). The molecule has 0 fully saturated rings. The molecule has 0 atom stereocenters. The Morgan fingerprint density at radius 1 is 0.314 bits per heavy atom. The van der Waals surface area contributed by atoms with Crippen molar-refractivity contribution in [2.24, 2.45) is 0 Å². The molecule has 24 nitrogen and oxygen atoms in total. The van der Waals surface area contributed by atoms with Crippen LogP contribution in [0.1, 0.15) is 0 Å². The van der Waals surface area contributed by atoms with Gasteiger partial charge in [0.2, 0.25) is 0 Å². The van der Waals surface area contributed by atoms with Crippen LogP contribution in [0.3, 0.4) is 0 Å². The third kappa shape index (κ3) is 4770. The first-order valence-corrected chi connectivity index (χ1v) is 15.3. The topological polar surface area (TPSA) is 482 Å². The van der Waals surface area contributed by atoms with Crippen molar-refractivity contribution in [2.45, 2.75) is 0 Å². The van der Waals surface area contributed by atoms with Crippen molar-refractivity contribution in [3.8, 4) is 0 Å². The van der Waals surface area contributed by atoms with Crippen molar-refractivity contribution in [1.82, 2.24) is 0 Å². The monoisotopic (exact) mass is 985 g/mol. The molecular weight excluding hydrogens is 986 g/mol. The van der Waals surface area contributed by atoms with Crippen molar-refractivity contribution in [3.63, 3.8) is 0 Å². The van der Waals surface area contributed by atoms with Crippen molar-refractivity contribution in [2.75, 3.05) is 0 Å². The first kappa shape index (κ1) is 71.4. The quantitative estimate of drug-likeness (QED) is 0.203. The van der Waals surface area contributed by atoms with Gasteiger partial charge in [-0.05, 0) is 0 Å². The minimum atomic E-state index is -5.62. The zero-order valence-electron chi connectivity index (χ0n) is 14.5. The minimum absolute atomic E-state index is 0. The fraction of sp³-hybridized carbons (Fsp3) is 0. The maximum absolute atomic E-state index is 8.58. The van der Waals surface area contributed by atoms with E-state index in [1.165, 1.54) is 0 Å². The molecule has 0 amide bonds. The van der Waals surface area contributed by atoms with E-state index in [1.54, 1.807) is 0 Å². The van der Waals surface area contributed by atoms with E-state index in [4.69, 9.17) is 96.3 Å². The average Bonchev–Trinajstić information content (AvgIpc) is 1.94. The third-order valence-corrected chi connectivity index (χ3v) is 0. The van der Waals surface area contributed by atoms with Crippen molar-refractivity contribution in [3.05, 3.63) is 0 Å². The first-order chi connectivity index (χ1) is 12.0. The van der Waals surface area contributed by atoms with Crippen LogP contribution in [0.15, 0.2) is 0 Å². The second-order valence-corrected chi connectivity index (χ2v) is 9.35. The molecule has 0 heterocycles. The van der Waals surface area contributed by atoms with E-state index in [1.807, 2.05) is 0 Å². The van der Waals surface area contributed by atoms with Crippen LogP contribution in [0, 0.1) is 0 Å². The average molecular weight is 986 g/mol. The van der Waals surface area contributed by atoms with Crippen LogP contribution in [0.4, 0.5) is 0 Å². The summed E-state index contributed by atoms with van der Waals surface area (Å²) in [5.74, 6) is 0. The number of rotatable bonds is 0. The van der Waals surface area contributed by atoms with Crippen LogP contribution in [-0.4, -0.2) is 0 Å². The van der Waals surface area contributed by atoms with Crippen molar-refractivity contribution in [1.29, 1.82) is 0 Å². The zero-order chi connectivity index (χ0) is 27.0. The van der Waals surface area contributed by atoms with Gasteiger partial charge in [-0.25, -0.2) is 0 Å². The van der Waals surface area contributed by atoms with Gasteiger partial charge in [0.25, 0.3) is 0 Å². The molecule has 0 saturated heterocycles. The molecule has 0 aliphatic carbocycles. The SMILES string of the molecule is [Co+2].[Li+].[Mn+2].[Nb+5].[Ni+2].[O]=[Mn](=[O])([O-])[O-].[O]=[Mn](=[O])([O-])[O-].[O]=[Mn](=[O])([O-])[O-].[O]=[Mn](=[O])([O-])[O-].[O]=[Mn](=[O])([O-])[O-].[O]=[Mn](=[O])([O-])[O-]. The second-order valence-electron chi connectivity index (χ2n) is 2.27. The molecular formula is CoLiMn7NbNiO24. The summed E-state index contributed by atoms with van der Waals surface area (Å²) >= 11 is -33.8. The summed E-state index contributed by atoms with van der Waals surface area (Å²) in [6.07, 6.45) is 0. The molecule has 35 heavy (non-hydrogen) atoms. The van der Waals surface area contributed by atoms with E-state index in [9.17, 15) is 0 Å². The predicted octanol–water partition coefficient (Wildman–Crippen LogP) is -18.7. The Balaban J connectivity index is -0.0000000213. The Morgan fingerprint density at radius 3 is 0.314 bits per heavy atom. The Morgan fingerprint density at radius 2 is 0.314 bits per heavy atom. The van der Waals surface area contributed by atoms with Crippen LogP contribution in [-0.2, 0) is 199 Å². The summed E-state index contributed by atoms with van der Waals surface area (Å²) in [7, 11) is 0. The molecule has 0 spiro atoms. The molecule has 0 aromatic carbocycles.